The summed E-state index contributed by atoms with van der Waals surface area (Å²) in [6, 6.07) is 6.31. The molecule has 8 heteroatoms. The Bertz CT molecular complexity index is 497. The first-order valence-electron chi connectivity index (χ1n) is 6.62. The zero-order valence-electron chi connectivity index (χ0n) is 11.5. The highest BCUT2D eigenvalue weighted by Gasteiger charge is 2.18. The summed E-state index contributed by atoms with van der Waals surface area (Å²) in [6.45, 7) is 0.765. The first-order valence-corrected chi connectivity index (χ1v) is 6.62. The number of hydrogen-bond acceptors (Lipinski definition) is 6. The maximum Gasteiger partial charge on any atom is 0.341 e. The van der Waals surface area contributed by atoms with Gasteiger partial charge in [-0.3, -0.25) is 0 Å². The minimum Gasteiger partial charge on any atom is -0.569 e. The summed E-state index contributed by atoms with van der Waals surface area (Å²) in [7, 11) is 0. The Morgan fingerprint density at radius 3 is 2.62 bits per heavy atom. The number of carbonyl (C=O) groups is 1. The van der Waals surface area contributed by atoms with E-state index in [1.807, 2.05) is 0 Å². The Hall–Kier alpha value is -2.35. The molecule has 0 amide bonds. The molecule has 2 rings (SSSR count). The lowest BCUT2D eigenvalue weighted by Gasteiger charge is -2.10. The van der Waals surface area contributed by atoms with E-state index in [-0.39, 0.29) is 6.61 Å². The van der Waals surface area contributed by atoms with Gasteiger partial charge in [-0.2, -0.15) is 0 Å². The van der Waals surface area contributed by atoms with Gasteiger partial charge in [0.1, 0.15) is 0 Å². The third-order valence-corrected chi connectivity index (χ3v) is 3.07. The Morgan fingerprint density at radius 2 is 2.00 bits per heavy atom. The molecule has 0 atom stereocenters. The van der Waals surface area contributed by atoms with Crippen LogP contribution in [0.15, 0.2) is 29.5 Å². The van der Waals surface area contributed by atoms with Crippen molar-refractivity contribution in [2.24, 2.45) is 5.28 Å². The fourth-order valence-corrected chi connectivity index (χ4v) is 1.91. The quantitative estimate of drug-likeness (QED) is 0.211. The zero-order chi connectivity index (χ0) is 15.1. The van der Waals surface area contributed by atoms with Crippen LogP contribution in [0.4, 0.5) is 0 Å². The second-order valence-corrected chi connectivity index (χ2v) is 4.53. The van der Waals surface area contributed by atoms with Gasteiger partial charge in [0, 0.05) is 0 Å². The summed E-state index contributed by atoms with van der Waals surface area (Å²) in [5.74, 6) is -0.590. The summed E-state index contributed by atoms with van der Waals surface area (Å²) in [6.07, 6.45) is 1.90. The molecule has 1 aromatic carbocycles. The molecule has 0 aliphatic carbocycles. The topological polar surface area (TPSA) is 97.4 Å². The number of ether oxygens (including phenoxy) is 1. The highest BCUT2D eigenvalue weighted by molar-refractivity contribution is 5.89. The van der Waals surface area contributed by atoms with E-state index in [9.17, 15) is 10.0 Å². The molecular weight excluding hydrogens is 278 g/mol. The maximum atomic E-state index is 11.6. The Kier molecular flexibility index (Phi) is 5.33. The van der Waals surface area contributed by atoms with Crippen LogP contribution in [0.3, 0.4) is 0 Å². The Morgan fingerprint density at radius 1 is 1.33 bits per heavy atom. The number of benzene rings is 1. The van der Waals surface area contributed by atoms with Gasteiger partial charge in [-0.05, 0) is 30.5 Å². The van der Waals surface area contributed by atoms with Crippen molar-refractivity contribution >= 4 is 5.97 Å². The van der Waals surface area contributed by atoms with Crippen LogP contribution in [-0.4, -0.2) is 40.9 Å². The van der Waals surface area contributed by atoms with Gasteiger partial charge in [-0.25, -0.2) is 4.79 Å². The fraction of sp³-hybridized carbons (Fsp3) is 0.462. The molecule has 114 valence electrons. The molecule has 0 aromatic heterocycles. The summed E-state index contributed by atoms with van der Waals surface area (Å²) < 4.78 is 4.81. The van der Waals surface area contributed by atoms with E-state index in [1.54, 1.807) is 12.1 Å². The van der Waals surface area contributed by atoms with Crippen molar-refractivity contribution in [3.05, 3.63) is 40.6 Å². The Labute approximate surface area is 121 Å². The van der Waals surface area contributed by atoms with Crippen molar-refractivity contribution in [3.8, 4) is 0 Å². The van der Waals surface area contributed by atoms with Gasteiger partial charge in [0.25, 0.3) is 6.79 Å². The standard InChI is InChI=1S/C13H17N3O5/c17-9-11-3-5-12(6-4-11)13(18)20-10-21-14-16(19)15-7-1-2-8-15/h3-6,17H,1-2,7-10H2/b16-14-. The van der Waals surface area contributed by atoms with Crippen molar-refractivity contribution in [2.75, 3.05) is 19.9 Å². The fourth-order valence-electron chi connectivity index (χ4n) is 1.91. The second kappa shape index (κ2) is 7.44. The average Bonchev–Trinajstić information content (AvgIpc) is 3.05. The van der Waals surface area contributed by atoms with Crippen LogP contribution in [0, 0.1) is 5.21 Å². The minimum atomic E-state index is -0.590. The van der Waals surface area contributed by atoms with E-state index >= 15 is 0 Å². The van der Waals surface area contributed by atoms with Gasteiger partial charge in [-0.15, -0.1) is 5.01 Å². The van der Waals surface area contributed by atoms with Crippen LogP contribution >= 0.6 is 0 Å². The number of carbonyl (C=O) groups excluding carboxylic acids is 1. The highest BCUT2D eigenvalue weighted by Crippen LogP contribution is 2.08. The molecule has 21 heavy (non-hydrogen) atoms. The molecular formula is C13H17N3O5. The average molecular weight is 295 g/mol. The van der Waals surface area contributed by atoms with E-state index in [2.05, 4.69) is 10.1 Å². The molecule has 8 nitrogen and oxygen atoms in total. The predicted octanol–water partition coefficient (Wildman–Crippen LogP) is 1.20. The second-order valence-electron chi connectivity index (χ2n) is 4.53. The van der Waals surface area contributed by atoms with Gasteiger partial charge in [0.15, 0.2) is 0 Å². The molecule has 0 bridgehead atoms. The molecule has 0 radical (unpaired) electrons. The van der Waals surface area contributed by atoms with Crippen molar-refractivity contribution in [1.82, 2.24) is 5.01 Å². The van der Waals surface area contributed by atoms with E-state index in [0.29, 0.717) is 29.2 Å². The Balaban J connectivity index is 1.74. The van der Waals surface area contributed by atoms with E-state index in [4.69, 9.17) is 9.84 Å². The molecule has 1 aromatic rings. The van der Waals surface area contributed by atoms with Gasteiger partial charge >= 0.3 is 5.97 Å². The van der Waals surface area contributed by atoms with Crippen LogP contribution in [0.2, 0.25) is 0 Å². The predicted molar refractivity (Wildman–Crippen MR) is 70.6 cm³/mol. The van der Waals surface area contributed by atoms with E-state index < -0.39 is 12.8 Å². The number of aliphatic hydroxyl groups excluding tert-OH is 1. The summed E-state index contributed by atoms with van der Waals surface area (Å²) in [5.41, 5.74) is 1.03. The van der Waals surface area contributed by atoms with Crippen molar-refractivity contribution in [3.63, 3.8) is 0 Å². The molecule has 0 spiro atoms. The van der Waals surface area contributed by atoms with Gasteiger partial charge < -0.3 is 19.9 Å². The maximum absolute atomic E-state index is 11.6. The summed E-state index contributed by atoms with van der Waals surface area (Å²) in [4.78, 5) is 16.7. The number of aliphatic hydroxyl groups is 1. The number of rotatable bonds is 6. The van der Waals surface area contributed by atoms with Crippen LogP contribution in [-0.2, 0) is 16.2 Å². The number of hydrogen-bond donors (Lipinski definition) is 1. The zero-order valence-corrected chi connectivity index (χ0v) is 11.5. The molecule has 1 fully saturated rings. The monoisotopic (exact) mass is 295 g/mol. The molecule has 0 saturated carbocycles. The van der Waals surface area contributed by atoms with E-state index in [1.165, 1.54) is 17.1 Å². The number of esters is 1. The molecule has 1 aliphatic rings. The molecule has 1 heterocycles. The lowest BCUT2D eigenvalue weighted by Crippen LogP contribution is -2.27. The van der Waals surface area contributed by atoms with Gasteiger partial charge in [-0.1, -0.05) is 12.1 Å². The first kappa shape index (κ1) is 15.0. The molecule has 1 aliphatic heterocycles. The van der Waals surface area contributed by atoms with Crippen LogP contribution in [0.25, 0.3) is 0 Å². The van der Waals surface area contributed by atoms with Crippen molar-refractivity contribution < 1.29 is 24.4 Å². The summed E-state index contributed by atoms with van der Waals surface area (Å²) >= 11 is 0. The molecule has 0 unspecified atom stereocenters. The highest BCUT2D eigenvalue weighted by atomic mass is 16.8. The van der Waals surface area contributed by atoms with Crippen LogP contribution in [0.5, 0.6) is 0 Å². The molecule has 1 N–H and O–H groups in total. The van der Waals surface area contributed by atoms with Gasteiger partial charge in [0.2, 0.25) is 5.28 Å². The third kappa shape index (κ3) is 4.32. The first-order chi connectivity index (χ1) is 10.2. The SMILES string of the molecule is O=C(OCO/N=[N+](\[O-])N1CCCC1)c1ccc(CO)cc1. The van der Waals surface area contributed by atoms with Crippen LogP contribution < -0.4 is 0 Å². The minimum absolute atomic E-state index is 0.0901. The number of hydrazine groups is 1. The lowest BCUT2D eigenvalue weighted by molar-refractivity contribution is -0.708. The van der Waals surface area contributed by atoms with Crippen molar-refractivity contribution in [1.29, 1.82) is 0 Å². The smallest absolute Gasteiger partial charge is 0.341 e. The van der Waals surface area contributed by atoms with Gasteiger partial charge in [0.05, 0.1) is 30.2 Å². The normalized spacial score (nSPS) is 15.1. The largest absolute Gasteiger partial charge is 0.569 e. The third-order valence-electron chi connectivity index (χ3n) is 3.07. The van der Waals surface area contributed by atoms with E-state index in [0.717, 1.165) is 12.8 Å². The lowest BCUT2D eigenvalue weighted by atomic mass is 10.1. The van der Waals surface area contributed by atoms with Crippen LogP contribution in [0.1, 0.15) is 28.8 Å². The molecule has 1 saturated heterocycles. The summed E-state index contributed by atoms with van der Waals surface area (Å²) in [5, 5.41) is 25.1. The number of nitrogens with zero attached hydrogens (tertiary/aromatic N) is 3. The van der Waals surface area contributed by atoms with Crippen molar-refractivity contribution in [2.45, 2.75) is 19.4 Å².